The SMILES string of the molecule is CCC(=O)O[C@]1(C)CCOCP1. The number of carbonyl (C=O) groups is 1. The van der Waals surface area contributed by atoms with E-state index in [2.05, 4.69) is 0 Å². The zero-order valence-corrected chi connectivity index (χ0v) is 8.55. The van der Waals surface area contributed by atoms with E-state index in [1.165, 1.54) is 0 Å². The van der Waals surface area contributed by atoms with Gasteiger partial charge in [-0.3, -0.25) is 4.79 Å². The van der Waals surface area contributed by atoms with Crippen LogP contribution in [0.5, 0.6) is 0 Å². The zero-order valence-electron chi connectivity index (χ0n) is 7.55. The summed E-state index contributed by atoms with van der Waals surface area (Å²) in [4.78, 5) is 11.0. The summed E-state index contributed by atoms with van der Waals surface area (Å²) >= 11 is 0. The van der Waals surface area contributed by atoms with Crippen molar-refractivity contribution in [2.45, 2.75) is 32.0 Å². The van der Waals surface area contributed by atoms with Gasteiger partial charge < -0.3 is 9.47 Å². The molecular formula is C8H15O3P. The van der Waals surface area contributed by atoms with Crippen molar-refractivity contribution < 1.29 is 14.3 Å². The molecule has 0 bridgehead atoms. The van der Waals surface area contributed by atoms with Gasteiger partial charge in [-0.05, 0) is 15.5 Å². The fourth-order valence-electron chi connectivity index (χ4n) is 1.04. The molecule has 4 heteroatoms. The fourth-order valence-corrected chi connectivity index (χ4v) is 2.06. The molecule has 3 nitrogen and oxygen atoms in total. The molecule has 1 aliphatic heterocycles. The van der Waals surface area contributed by atoms with E-state index in [0.717, 1.165) is 12.8 Å². The number of hydrogen-bond acceptors (Lipinski definition) is 3. The molecule has 0 spiro atoms. The van der Waals surface area contributed by atoms with Crippen molar-refractivity contribution in [2.24, 2.45) is 0 Å². The van der Waals surface area contributed by atoms with E-state index in [-0.39, 0.29) is 11.3 Å². The third-order valence-electron chi connectivity index (χ3n) is 1.90. The zero-order chi connectivity index (χ0) is 9.03. The van der Waals surface area contributed by atoms with E-state index >= 15 is 0 Å². The lowest BCUT2D eigenvalue weighted by Gasteiger charge is -2.32. The molecule has 70 valence electrons. The highest BCUT2D eigenvalue weighted by Gasteiger charge is 2.30. The summed E-state index contributed by atoms with van der Waals surface area (Å²) in [7, 11) is 0.576. The van der Waals surface area contributed by atoms with Crippen LogP contribution < -0.4 is 0 Å². The van der Waals surface area contributed by atoms with Crippen molar-refractivity contribution in [1.29, 1.82) is 0 Å². The molecule has 0 radical (unpaired) electrons. The maximum Gasteiger partial charge on any atom is 0.306 e. The Labute approximate surface area is 74.6 Å². The predicted molar refractivity (Wildman–Crippen MR) is 48.5 cm³/mol. The smallest absolute Gasteiger partial charge is 0.306 e. The molecule has 0 N–H and O–H groups in total. The Hall–Kier alpha value is -0.140. The number of rotatable bonds is 2. The van der Waals surface area contributed by atoms with Crippen molar-refractivity contribution in [2.75, 3.05) is 13.0 Å². The fraction of sp³-hybridized carbons (Fsp3) is 0.875. The first-order valence-electron chi connectivity index (χ1n) is 4.21. The lowest BCUT2D eigenvalue weighted by molar-refractivity contribution is -0.152. The topological polar surface area (TPSA) is 35.5 Å². The van der Waals surface area contributed by atoms with Crippen molar-refractivity contribution >= 4 is 14.6 Å². The number of esters is 1. The van der Waals surface area contributed by atoms with Gasteiger partial charge in [0.1, 0.15) is 5.34 Å². The lowest BCUT2D eigenvalue weighted by Crippen LogP contribution is -2.31. The Morgan fingerprint density at radius 1 is 1.75 bits per heavy atom. The Kier molecular flexibility index (Phi) is 3.48. The first-order valence-corrected chi connectivity index (χ1v) is 5.41. The van der Waals surface area contributed by atoms with E-state index in [4.69, 9.17) is 9.47 Å². The van der Waals surface area contributed by atoms with Crippen LogP contribution in [-0.2, 0) is 14.3 Å². The van der Waals surface area contributed by atoms with Gasteiger partial charge in [-0.15, -0.1) is 0 Å². The lowest BCUT2D eigenvalue weighted by atomic mass is 10.3. The second kappa shape index (κ2) is 4.20. The first-order chi connectivity index (χ1) is 5.66. The van der Waals surface area contributed by atoms with Gasteiger partial charge in [0.15, 0.2) is 0 Å². The normalized spacial score (nSPS) is 31.8. The van der Waals surface area contributed by atoms with Gasteiger partial charge in [0.2, 0.25) is 0 Å². The highest BCUT2D eigenvalue weighted by molar-refractivity contribution is 7.39. The standard InChI is InChI=1S/C8H15O3P/c1-3-7(9)11-8(2)4-5-10-6-12-8/h12H,3-6H2,1-2H3/t8-/m0/s1. The van der Waals surface area contributed by atoms with E-state index < -0.39 is 0 Å². The van der Waals surface area contributed by atoms with E-state index in [1.54, 1.807) is 0 Å². The van der Waals surface area contributed by atoms with Gasteiger partial charge in [0, 0.05) is 12.8 Å². The molecule has 12 heavy (non-hydrogen) atoms. The second-order valence-corrected chi connectivity index (χ2v) is 4.74. The molecule has 1 saturated heterocycles. The highest BCUT2D eigenvalue weighted by Crippen LogP contribution is 2.39. The molecule has 1 rings (SSSR count). The minimum atomic E-state index is -0.245. The van der Waals surface area contributed by atoms with Crippen LogP contribution >= 0.6 is 8.58 Å². The van der Waals surface area contributed by atoms with E-state index in [1.807, 2.05) is 13.8 Å². The number of ether oxygens (including phenoxy) is 2. The van der Waals surface area contributed by atoms with Crippen molar-refractivity contribution in [3.63, 3.8) is 0 Å². The molecule has 0 aromatic rings. The molecule has 0 aliphatic carbocycles. The monoisotopic (exact) mass is 190 g/mol. The van der Waals surface area contributed by atoms with Crippen LogP contribution in [0.25, 0.3) is 0 Å². The van der Waals surface area contributed by atoms with Gasteiger partial charge in [-0.1, -0.05) is 6.92 Å². The summed E-state index contributed by atoms with van der Waals surface area (Å²) in [6, 6.07) is 0. The third kappa shape index (κ3) is 2.72. The quantitative estimate of drug-likeness (QED) is 0.491. The second-order valence-electron chi connectivity index (χ2n) is 3.04. The minimum Gasteiger partial charge on any atom is -0.455 e. The Bertz CT molecular complexity index is 164. The maximum absolute atomic E-state index is 11.0. The molecule has 1 heterocycles. The van der Waals surface area contributed by atoms with Crippen LogP contribution in [0.15, 0.2) is 0 Å². The minimum absolute atomic E-state index is 0.105. The Morgan fingerprint density at radius 2 is 2.50 bits per heavy atom. The summed E-state index contributed by atoms with van der Waals surface area (Å²) in [5.74, 6) is -0.105. The van der Waals surface area contributed by atoms with Gasteiger partial charge in [-0.2, -0.15) is 0 Å². The molecule has 0 saturated carbocycles. The van der Waals surface area contributed by atoms with Crippen molar-refractivity contribution in [3.05, 3.63) is 0 Å². The van der Waals surface area contributed by atoms with Crippen LogP contribution in [0, 0.1) is 0 Å². The molecule has 0 amide bonds. The van der Waals surface area contributed by atoms with E-state index in [9.17, 15) is 4.79 Å². The van der Waals surface area contributed by atoms with Crippen LogP contribution in [0.1, 0.15) is 26.7 Å². The highest BCUT2D eigenvalue weighted by atomic mass is 31.1. The number of hydrogen-bond donors (Lipinski definition) is 0. The van der Waals surface area contributed by atoms with Gasteiger partial charge in [-0.25, -0.2) is 0 Å². The molecular weight excluding hydrogens is 175 g/mol. The summed E-state index contributed by atoms with van der Waals surface area (Å²) in [5, 5.41) is -0.245. The van der Waals surface area contributed by atoms with Crippen LogP contribution in [0.4, 0.5) is 0 Å². The third-order valence-corrected chi connectivity index (χ3v) is 3.35. The summed E-state index contributed by atoms with van der Waals surface area (Å²) in [6.45, 7) is 4.51. The Morgan fingerprint density at radius 3 is 3.00 bits per heavy atom. The molecule has 1 unspecified atom stereocenters. The van der Waals surface area contributed by atoms with Crippen LogP contribution in [0.2, 0.25) is 0 Å². The largest absolute Gasteiger partial charge is 0.455 e. The van der Waals surface area contributed by atoms with E-state index in [0.29, 0.717) is 21.6 Å². The average Bonchev–Trinajstić information content (AvgIpc) is 2.05. The predicted octanol–water partition coefficient (Wildman–Crippen LogP) is 1.71. The number of carbonyl (C=O) groups excluding carboxylic acids is 1. The molecule has 1 aliphatic rings. The molecule has 0 aromatic heterocycles. The Balaban J connectivity index is 2.41. The molecule has 2 atom stereocenters. The first kappa shape index (κ1) is 9.94. The van der Waals surface area contributed by atoms with Gasteiger partial charge in [0.05, 0.1) is 13.0 Å². The summed E-state index contributed by atoms with van der Waals surface area (Å²) < 4.78 is 10.5. The average molecular weight is 190 g/mol. The van der Waals surface area contributed by atoms with Gasteiger partial charge >= 0.3 is 5.97 Å². The summed E-state index contributed by atoms with van der Waals surface area (Å²) in [6.07, 6.45) is 2.02. The summed E-state index contributed by atoms with van der Waals surface area (Å²) in [5.41, 5.74) is 0. The van der Waals surface area contributed by atoms with Crippen LogP contribution in [-0.4, -0.2) is 24.3 Å². The molecule has 1 fully saturated rings. The molecule has 0 aromatic carbocycles. The van der Waals surface area contributed by atoms with Crippen molar-refractivity contribution in [1.82, 2.24) is 0 Å². The van der Waals surface area contributed by atoms with Gasteiger partial charge in [0.25, 0.3) is 0 Å². The maximum atomic E-state index is 11.0. The van der Waals surface area contributed by atoms with Crippen molar-refractivity contribution in [3.8, 4) is 0 Å². The van der Waals surface area contributed by atoms with Crippen LogP contribution in [0.3, 0.4) is 0 Å².